The summed E-state index contributed by atoms with van der Waals surface area (Å²) in [6, 6.07) is 7.45. The second-order valence-corrected chi connectivity index (χ2v) is 4.86. The summed E-state index contributed by atoms with van der Waals surface area (Å²) in [4.78, 5) is 24.2. The van der Waals surface area contributed by atoms with Crippen LogP contribution in [0.15, 0.2) is 30.3 Å². The number of Topliss-reactive ketones (excluding diaryl/α,β-unsaturated/α-hetero) is 1. The smallest absolute Gasteiger partial charge is 0.174 e. The topological polar surface area (TPSA) is 34.1 Å². The number of carbonyl (C=O) groups excluding carboxylic acids is 2. The molecule has 18 heavy (non-hydrogen) atoms. The fourth-order valence-corrected chi connectivity index (χ4v) is 3.03. The van der Waals surface area contributed by atoms with E-state index in [1.165, 1.54) is 0 Å². The van der Waals surface area contributed by atoms with Crippen LogP contribution < -0.4 is 0 Å². The van der Waals surface area contributed by atoms with Crippen molar-refractivity contribution in [3.63, 3.8) is 0 Å². The van der Waals surface area contributed by atoms with Crippen molar-refractivity contribution in [1.29, 1.82) is 0 Å². The highest BCUT2D eigenvalue weighted by molar-refractivity contribution is 6.20. The van der Waals surface area contributed by atoms with Crippen LogP contribution in [0.25, 0.3) is 5.57 Å². The predicted molar refractivity (Wildman–Crippen MR) is 68.9 cm³/mol. The third-order valence-corrected chi connectivity index (χ3v) is 3.92. The largest absolute Gasteiger partial charge is 0.295 e. The van der Waals surface area contributed by atoms with E-state index in [0.717, 1.165) is 11.1 Å². The highest BCUT2D eigenvalue weighted by Gasteiger charge is 2.50. The second-order valence-electron chi connectivity index (χ2n) is 4.86. The van der Waals surface area contributed by atoms with Crippen molar-refractivity contribution in [2.24, 2.45) is 5.41 Å². The van der Waals surface area contributed by atoms with Crippen molar-refractivity contribution in [3.8, 4) is 12.3 Å². The van der Waals surface area contributed by atoms with Crippen molar-refractivity contribution >= 4 is 17.1 Å². The zero-order valence-electron chi connectivity index (χ0n) is 9.90. The van der Waals surface area contributed by atoms with E-state index in [1.807, 2.05) is 24.3 Å². The first-order chi connectivity index (χ1) is 8.69. The van der Waals surface area contributed by atoms with Crippen LogP contribution >= 0.6 is 0 Å². The maximum atomic E-state index is 12.6. The first kappa shape index (κ1) is 11.0. The molecule has 0 saturated heterocycles. The molecule has 2 aliphatic carbocycles. The molecule has 0 radical (unpaired) electrons. The van der Waals surface area contributed by atoms with E-state index < -0.39 is 5.41 Å². The molecule has 0 fully saturated rings. The quantitative estimate of drug-likeness (QED) is 0.702. The first-order valence-electron chi connectivity index (χ1n) is 6.02. The monoisotopic (exact) mass is 236 g/mol. The van der Waals surface area contributed by atoms with Crippen LogP contribution in [0.1, 0.15) is 35.2 Å². The minimum absolute atomic E-state index is 0.0785. The van der Waals surface area contributed by atoms with Gasteiger partial charge in [0.2, 0.25) is 0 Å². The standard InChI is InChI=1S/C16H12O2/c1-2-8-16-9-7-11(17)10-14(16)12-5-3-4-6-13(12)15(16)18/h1,3-6,10H,7-9H2/t16-/m1/s1. The minimum atomic E-state index is -0.646. The highest BCUT2D eigenvalue weighted by Crippen LogP contribution is 2.53. The van der Waals surface area contributed by atoms with Gasteiger partial charge in [0, 0.05) is 18.4 Å². The van der Waals surface area contributed by atoms with Gasteiger partial charge in [-0.25, -0.2) is 0 Å². The summed E-state index contributed by atoms with van der Waals surface area (Å²) in [6.07, 6.45) is 8.36. The molecule has 0 unspecified atom stereocenters. The molecule has 0 saturated carbocycles. The van der Waals surface area contributed by atoms with Crippen LogP contribution in [0.4, 0.5) is 0 Å². The van der Waals surface area contributed by atoms with E-state index in [9.17, 15) is 9.59 Å². The van der Waals surface area contributed by atoms with Crippen molar-refractivity contribution in [2.75, 3.05) is 0 Å². The Morgan fingerprint density at radius 1 is 1.22 bits per heavy atom. The fourth-order valence-electron chi connectivity index (χ4n) is 3.03. The summed E-state index contributed by atoms with van der Waals surface area (Å²) in [7, 11) is 0. The van der Waals surface area contributed by atoms with E-state index in [1.54, 1.807) is 6.08 Å². The van der Waals surface area contributed by atoms with E-state index in [-0.39, 0.29) is 11.6 Å². The molecule has 2 aliphatic rings. The average molecular weight is 236 g/mol. The van der Waals surface area contributed by atoms with E-state index in [2.05, 4.69) is 5.92 Å². The number of fused-ring (bicyclic) bond motifs is 3. The Labute approximate surface area is 106 Å². The summed E-state index contributed by atoms with van der Waals surface area (Å²) in [5, 5.41) is 0. The van der Waals surface area contributed by atoms with Gasteiger partial charge in [0.15, 0.2) is 11.6 Å². The van der Waals surface area contributed by atoms with Crippen LogP contribution in [0.5, 0.6) is 0 Å². The molecule has 0 spiro atoms. The highest BCUT2D eigenvalue weighted by atomic mass is 16.1. The molecule has 1 aromatic carbocycles. The van der Waals surface area contributed by atoms with E-state index in [0.29, 0.717) is 24.8 Å². The van der Waals surface area contributed by atoms with Gasteiger partial charge in [0.05, 0.1) is 5.41 Å². The van der Waals surface area contributed by atoms with Crippen LogP contribution in [0.2, 0.25) is 0 Å². The minimum Gasteiger partial charge on any atom is -0.295 e. The number of hydrogen-bond donors (Lipinski definition) is 0. The lowest BCUT2D eigenvalue weighted by Crippen LogP contribution is -2.30. The molecule has 88 valence electrons. The number of rotatable bonds is 1. The Hall–Kier alpha value is -2.14. The Morgan fingerprint density at radius 3 is 2.67 bits per heavy atom. The predicted octanol–water partition coefficient (Wildman–Crippen LogP) is 2.64. The number of allylic oxidation sites excluding steroid dienone is 2. The van der Waals surface area contributed by atoms with E-state index >= 15 is 0 Å². The molecule has 0 aliphatic heterocycles. The maximum absolute atomic E-state index is 12.6. The molecule has 0 N–H and O–H groups in total. The van der Waals surface area contributed by atoms with Crippen LogP contribution in [-0.2, 0) is 4.79 Å². The van der Waals surface area contributed by atoms with Gasteiger partial charge in [-0.2, -0.15) is 0 Å². The molecule has 0 amide bonds. The molecule has 1 aromatic rings. The SMILES string of the molecule is C#CC[C@@]12CCC(=O)C=C1c1ccccc1C2=O. The van der Waals surface area contributed by atoms with Crippen molar-refractivity contribution < 1.29 is 9.59 Å². The number of benzene rings is 1. The summed E-state index contributed by atoms with van der Waals surface area (Å²) in [6.45, 7) is 0. The Bertz CT molecular complexity index is 631. The molecule has 0 heterocycles. The number of hydrogen-bond acceptors (Lipinski definition) is 2. The van der Waals surface area contributed by atoms with Crippen molar-refractivity contribution in [3.05, 3.63) is 41.5 Å². The molecule has 1 atom stereocenters. The molecular formula is C16H12O2. The van der Waals surface area contributed by atoms with Gasteiger partial charge in [-0.1, -0.05) is 24.3 Å². The zero-order valence-corrected chi connectivity index (χ0v) is 9.90. The Balaban J connectivity index is 2.28. The lowest BCUT2D eigenvalue weighted by molar-refractivity contribution is -0.115. The Kier molecular flexibility index (Phi) is 2.24. The summed E-state index contributed by atoms with van der Waals surface area (Å²) in [5.41, 5.74) is 1.77. The van der Waals surface area contributed by atoms with E-state index in [4.69, 9.17) is 6.42 Å². The summed E-state index contributed by atoms with van der Waals surface area (Å²) in [5.74, 6) is 2.77. The average Bonchev–Trinajstić information content (AvgIpc) is 2.62. The van der Waals surface area contributed by atoms with Crippen LogP contribution in [0, 0.1) is 17.8 Å². The normalized spacial score (nSPS) is 25.2. The van der Waals surface area contributed by atoms with Gasteiger partial charge in [0.1, 0.15) is 0 Å². The molecular weight excluding hydrogens is 224 g/mol. The maximum Gasteiger partial charge on any atom is 0.174 e. The van der Waals surface area contributed by atoms with Crippen LogP contribution in [0.3, 0.4) is 0 Å². The molecule has 2 nitrogen and oxygen atoms in total. The molecule has 0 aromatic heterocycles. The second kappa shape index (κ2) is 3.68. The van der Waals surface area contributed by atoms with Gasteiger partial charge in [0.25, 0.3) is 0 Å². The van der Waals surface area contributed by atoms with Crippen molar-refractivity contribution in [1.82, 2.24) is 0 Å². The van der Waals surface area contributed by atoms with Crippen LogP contribution in [-0.4, -0.2) is 11.6 Å². The zero-order chi connectivity index (χ0) is 12.8. The third-order valence-electron chi connectivity index (χ3n) is 3.92. The molecule has 2 heteroatoms. The summed E-state index contributed by atoms with van der Waals surface area (Å²) >= 11 is 0. The molecule has 0 bridgehead atoms. The lowest BCUT2D eigenvalue weighted by Gasteiger charge is -2.30. The first-order valence-corrected chi connectivity index (χ1v) is 6.02. The lowest BCUT2D eigenvalue weighted by atomic mass is 9.70. The molecule has 3 rings (SSSR count). The number of ketones is 2. The number of carbonyl (C=O) groups is 2. The van der Waals surface area contributed by atoms with Crippen molar-refractivity contribution in [2.45, 2.75) is 19.3 Å². The van der Waals surface area contributed by atoms with Gasteiger partial charge in [-0.3, -0.25) is 9.59 Å². The van der Waals surface area contributed by atoms with Gasteiger partial charge >= 0.3 is 0 Å². The third kappa shape index (κ3) is 1.25. The summed E-state index contributed by atoms with van der Waals surface area (Å²) < 4.78 is 0. The van der Waals surface area contributed by atoms with Gasteiger partial charge in [-0.15, -0.1) is 12.3 Å². The number of terminal acetylenes is 1. The Morgan fingerprint density at radius 2 is 1.94 bits per heavy atom. The van der Waals surface area contributed by atoms with Gasteiger partial charge < -0.3 is 0 Å². The fraction of sp³-hybridized carbons (Fsp3) is 0.250. The van der Waals surface area contributed by atoms with Gasteiger partial charge in [-0.05, 0) is 23.6 Å².